The molecular weight excluding hydrogens is 368 g/mol. The van der Waals surface area contributed by atoms with E-state index in [2.05, 4.69) is 30.9 Å². The van der Waals surface area contributed by atoms with Crippen LogP contribution in [0.25, 0.3) is 5.82 Å². The van der Waals surface area contributed by atoms with Crippen LogP contribution < -0.4 is 16.0 Å². The van der Waals surface area contributed by atoms with Crippen LogP contribution in [0.15, 0.2) is 36.7 Å². The number of halogens is 2. The zero-order valence-electron chi connectivity index (χ0n) is 15.3. The Hall–Kier alpha value is -3.56. The van der Waals surface area contributed by atoms with Gasteiger partial charge in [-0.15, -0.1) is 0 Å². The fourth-order valence-corrected chi connectivity index (χ4v) is 2.51. The van der Waals surface area contributed by atoms with Gasteiger partial charge in [0.2, 0.25) is 0 Å². The number of imidazole rings is 1. The summed E-state index contributed by atoms with van der Waals surface area (Å²) in [5, 5.41) is 7.90. The minimum absolute atomic E-state index is 0.225. The predicted octanol–water partition coefficient (Wildman–Crippen LogP) is 2.79. The van der Waals surface area contributed by atoms with Crippen LogP contribution in [0.1, 0.15) is 11.6 Å². The predicted molar refractivity (Wildman–Crippen MR) is 100 cm³/mol. The Morgan fingerprint density at radius 3 is 2.71 bits per heavy atom. The van der Waals surface area contributed by atoms with Crippen molar-refractivity contribution in [2.45, 2.75) is 13.8 Å². The van der Waals surface area contributed by atoms with E-state index in [1.54, 1.807) is 25.4 Å². The molecule has 2 heterocycles. The topological polar surface area (TPSA) is 96.8 Å². The Bertz CT molecular complexity index is 990. The maximum absolute atomic E-state index is 13.5. The molecule has 28 heavy (non-hydrogen) atoms. The van der Waals surface area contributed by atoms with Gasteiger partial charge < -0.3 is 16.0 Å². The van der Waals surface area contributed by atoms with Crippen LogP contribution in [0.5, 0.6) is 0 Å². The monoisotopic (exact) mass is 387 g/mol. The first-order chi connectivity index (χ1) is 13.4. The van der Waals surface area contributed by atoms with Crippen molar-refractivity contribution in [1.29, 1.82) is 0 Å². The fraction of sp³-hybridized carbons (Fsp3) is 0.222. The average molecular weight is 387 g/mol. The van der Waals surface area contributed by atoms with Gasteiger partial charge in [0.15, 0.2) is 0 Å². The van der Waals surface area contributed by atoms with Gasteiger partial charge in [-0.2, -0.15) is 0 Å². The summed E-state index contributed by atoms with van der Waals surface area (Å²) in [6.07, 6.45) is 3.49. The van der Waals surface area contributed by atoms with Crippen LogP contribution in [-0.2, 0) is 0 Å². The van der Waals surface area contributed by atoms with Gasteiger partial charge in [-0.05, 0) is 26.0 Å². The summed E-state index contributed by atoms with van der Waals surface area (Å²) in [5.41, 5.74) is -0.225. The Morgan fingerprint density at radius 1 is 1.14 bits per heavy atom. The van der Waals surface area contributed by atoms with E-state index in [-0.39, 0.29) is 12.2 Å². The van der Waals surface area contributed by atoms with Crippen molar-refractivity contribution < 1.29 is 13.6 Å². The van der Waals surface area contributed by atoms with E-state index in [0.717, 1.165) is 24.0 Å². The standard InChI is InChI=1S/C18H19F2N7O/c1-11-24-16(10-17(25-11)27-8-7-21-12(27)2)22-5-6-23-18(28)26-15-9-13(19)3-4-14(15)20/h3-4,7-10H,5-6H2,1-2H3,(H,22,24,25)(H2,23,26,28). The zero-order valence-corrected chi connectivity index (χ0v) is 15.3. The van der Waals surface area contributed by atoms with E-state index in [4.69, 9.17) is 0 Å². The molecule has 146 valence electrons. The molecule has 3 N–H and O–H groups in total. The molecule has 0 unspecified atom stereocenters. The van der Waals surface area contributed by atoms with Crippen molar-refractivity contribution in [3.63, 3.8) is 0 Å². The number of anilines is 2. The van der Waals surface area contributed by atoms with Gasteiger partial charge in [-0.1, -0.05) is 0 Å². The van der Waals surface area contributed by atoms with E-state index < -0.39 is 17.7 Å². The SMILES string of the molecule is Cc1nc(NCCNC(=O)Nc2cc(F)ccc2F)cc(-n2ccnc2C)n1. The number of amides is 2. The highest BCUT2D eigenvalue weighted by Crippen LogP contribution is 2.15. The number of aromatic nitrogens is 4. The molecule has 0 fully saturated rings. The summed E-state index contributed by atoms with van der Waals surface area (Å²) in [7, 11) is 0. The molecule has 3 aromatic rings. The van der Waals surface area contributed by atoms with Gasteiger partial charge in [0.25, 0.3) is 0 Å². The summed E-state index contributed by atoms with van der Waals surface area (Å²) in [6, 6.07) is 3.97. The average Bonchev–Trinajstić information content (AvgIpc) is 3.07. The van der Waals surface area contributed by atoms with E-state index >= 15 is 0 Å². The molecule has 10 heteroatoms. The normalized spacial score (nSPS) is 10.6. The molecule has 0 saturated heterocycles. The van der Waals surface area contributed by atoms with Crippen molar-refractivity contribution in [1.82, 2.24) is 24.8 Å². The molecular formula is C18H19F2N7O. The molecule has 0 aliphatic heterocycles. The molecule has 0 bridgehead atoms. The number of hydrogen-bond acceptors (Lipinski definition) is 5. The molecule has 2 aromatic heterocycles. The highest BCUT2D eigenvalue weighted by molar-refractivity contribution is 5.89. The van der Waals surface area contributed by atoms with Crippen molar-refractivity contribution >= 4 is 17.5 Å². The molecule has 0 saturated carbocycles. The van der Waals surface area contributed by atoms with E-state index in [9.17, 15) is 13.6 Å². The lowest BCUT2D eigenvalue weighted by molar-refractivity contribution is 0.252. The second-order valence-corrected chi connectivity index (χ2v) is 5.93. The highest BCUT2D eigenvalue weighted by atomic mass is 19.1. The molecule has 0 spiro atoms. The van der Waals surface area contributed by atoms with Crippen LogP contribution in [0.3, 0.4) is 0 Å². The van der Waals surface area contributed by atoms with E-state index in [1.807, 2.05) is 11.5 Å². The quantitative estimate of drug-likeness (QED) is 0.565. The first-order valence-electron chi connectivity index (χ1n) is 8.52. The second kappa shape index (κ2) is 8.42. The molecule has 1 aromatic carbocycles. The zero-order chi connectivity index (χ0) is 20.1. The van der Waals surface area contributed by atoms with Crippen LogP contribution in [0.2, 0.25) is 0 Å². The molecule has 8 nitrogen and oxygen atoms in total. The van der Waals surface area contributed by atoms with Gasteiger partial charge in [0.05, 0.1) is 5.69 Å². The smallest absolute Gasteiger partial charge is 0.319 e. The minimum Gasteiger partial charge on any atom is -0.368 e. The lowest BCUT2D eigenvalue weighted by Crippen LogP contribution is -2.33. The Balaban J connectivity index is 1.52. The fourth-order valence-electron chi connectivity index (χ4n) is 2.51. The molecule has 2 amide bonds. The number of carbonyl (C=O) groups is 1. The van der Waals surface area contributed by atoms with Crippen molar-refractivity contribution in [2.24, 2.45) is 0 Å². The minimum atomic E-state index is -0.714. The molecule has 0 aliphatic rings. The van der Waals surface area contributed by atoms with Crippen molar-refractivity contribution in [2.75, 3.05) is 23.7 Å². The molecule has 0 aliphatic carbocycles. The largest absolute Gasteiger partial charge is 0.368 e. The third-order valence-electron chi connectivity index (χ3n) is 3.79. The van der Waals surface area contributed by atoms with Crippen LogP contribution in [0.4, 0.5) is 25.1 Å². The Morgan fingerprint density at radius 2 is 1.96 bits per heavy atom. The number of nitrogens with one attached hydrogen (secondary N) is 3. The van der Waals surface area contributed by atoms with Gasteiger partial charge >= 0.3 is 6.03 Å². The third-order valence-corrected chi connectivity index (χ3v) is 3.79. The number of nitrogens with zero attached hydrogens (tertiary/aromatic N) is 4. The number of aryl methyl sites for hydroxylation is 2. The number of benzene rings is 1. The van der Waals surface area contributed by atoms with Crippen LogP contribution in [0, 0.1) is 25.5 Å². The Kier molecular flexibility index (Phi) is 5.78. The molecule has 0 atom stereocenters. The molecule has 3 rings (SSSR count). The summed E-state index contributed by atoms with van der Waals surface area (Å²) < 4.78 is 28.5. The van der Waals surface area contributed by atoms with Gasteiger partial charge in [0.1, 0.15) is 34.9 Å². The van der Waals surface area contributed by atoms with E-state index in [1.165, 1.54) is 0 Å². The lowest BCUT2D eigenvalue weighted by Gasteiger charge is -2.11. The van der Waals surface area contributed by atoms with E-state index in [0.29, 0.717) is 24.0 Å². The highest BCUT2D eigenvalue weighted by Gasteiger charge is 2.08. The molecule has 0 radical (unpaired) electrons. The van der Waals surface area contributed by atoms with Crippen molar-refractivity contribution in [3.8, 4) is 5.82 Å². The van der Waals surface area contributed by atoms with Gasteiger partial charge in [-0.25, -0.2) is 28.5 Å². The van der Waals surface area contributed by atoms with Crippen LogP contribution in [-0.4, -0.2) is 38.6 Å². The van der Waals surface area contributed by atoms with Gasteiger partial charge in [0, 0.05) is 37.6 Å². The summed E-state index contributed by atoms with van der Waals surface area (Å²) in [6.45, 7) is 4.26. The maximum Gasteiger partial charge on any atom is 0.319 e. The van der Waals surface area contributed by atoms with Crippen molar-refractivity contribution in [3.05, 3.63) is 59.9 Å². The summed E-state index contributed by atoms with van der Waals surface area (Å²) in [4.78, 5) is 24.7. The summed E-state index contributed by atoms with van der Waals surface area (Å²) >= 11 is 0. The first-order valence-corrected chi connectivity index (χ1v) is 8.52. The summed E-state index contributed by atoms with van der Waals surface area (Å²) in [5.74, 6) is 1.30. The number of hydrogen-bond donors (Lipinski definition) is 3. The van der Waals surface area contributed by atoms with Gasteiger partial charge in [-0.3, -0.25) is 4.57 Å². The first kappa shape index (κ1) is 19.2. The number of carbonyl (C=O) groups excluding carboxylic acids is 1. The second-order valence-electron chi connectivity index (χ2n) is 5.93. The number of rotatable bonds is 6. The third kappa shape index (κ3) is 4.78. The van der Waals surface area contributed by atoms with Crippen LogP contribution >= 0.6 is 0 Å². The number of urea groups is 1. The Labute approximate surface area is 160 Å². The maximum atomic E-state index is 13.5. The lowest BCUT2D eigenvalue weighted by atomic mass is 10.3.